The van der Waals surface area contributed by atoms with Crippen LogP contribution < -0.4 is 11.1 Å². The van der Waals surface area contributed by atoms with Crippen molar-refractivity contribution in [2.45, 2.75) is 53.2 Å². The van der Waals surface area contributed by atoms with Crippen LogP contribution in [0.25, 0.3) is 21.1 Å². The van der Waals surface area contributed by atoms with Gasteiger partial charge in [-0.3, -0.25) is 19.0 Å². The van der Waals surface area contributed by atoms with Crippen molar-refractivity contribution in [2.24, 2.45) is 0 Å². The van der Waals surface area contributed by atoms with Crippen molar-refractivity contribution >= 4 is 38.4 Å². The highest BCUT2D eigenvalue weighted by molar-refractivity contribution is 7.18. The molecular weight excluding hydrogens is 426 g/mol. The Kier molecular flexibility index (Phi) is 5.92. The first-order chi connectivity index (χ1) is 15.3. The number of aryl methyl sites for hydroxylation is 3. The van der Waals surface area contributed by atoms with E-state index in [2.05, 4.69) is 15.0 Å². The van der Waals surface area contributed by atoms with Crippen molar-refractivity contribution < 1.29 is 4.79 Å². The van der Waals surface area contributed by atoms with Crippen LogP contribution in [0.4, 0.5) is 0 Å². The van der Waals surface area contributed by atoms with E-state index in [0.717, 1.165) is 15.3 Å². The molecule has 4 rings (SSSR count). The summed E-state index contributed by atoms with van der Waals surface area (Å²) in [5, 5.41) is 1.14. The maximum atomic E-state index is 13.0. The molecule has 0 radical (unpaired) electrons. The molecule has 166 valence electrons. The highest BCUT2D eigenvalue weighted by Crippen LogP contribution is 2.25. The molecule has 0 aliphatic rings. The van der Waals surface area contributed by atoms with Gasteiger partial charge in [0.15, 0.2) is 0 Å². The Morgan fingerprint density at radius 1 is 1.22 bits per heavy atom. The highest BCUT2D eigenvalue weighted by atomic mass is 32.1. The zero-order chi connectivity index (χ0) is 23.0. The van der Waals surface area contributed by atoms with E-state index < -0.39 is 0 Å². The summed E-state index contributed by atoms with van der Waals surface area (Å²) >= 11 is 1.50. The summed E-state index contributed by atoms with van der Waals surface area (Å²) in [6.07, 6.45) is 1.65. The van der Waals surface area contributed by atoms with E-state index in [1.54, 1.807) is 23.1 Å². The van der Waals surface area contributed by atoms with E-state index in [1.165, 1.54) is 22.2 Å². The fourth-order valence-corrected chi connectivity index (χ4v) is 4.71. The molecule has 32 heavy (non-hydrogen) atoms. The summed E-state index contributed by atoms with van der Waals surface area (Å²) < 4.78 is 1.49. The molecule has 9 heteroatoms. The number of thiophene rings is 1. The molecule has 1 N–H and O–H groups in total. The Hall–Kier alpha value is -3.33. The predicted octanol–water partition coefficient (Wildman–Crippen LogP) is 3.14. The average Bonchev–Trinajstić information content (AvgIpc) is 3.05. The number of hydrogen-bond donors (Lipinski definition) is 1. The van der Waals surface area contributed by atoms with Crippen LogP contribution in [0.2, 0.25) is 0 Å². The normalized spacial score (nSPS) is 11.5. The first-order valence-corrected chi connectivity index (χ1v) is 11.3. The molecule has 0 bridgehead atoms. The third-order valence-electron chi connectivity index (χ3n) is 5.65. The fraction of sp³-hybridized carbons (Fsp3) is 0.348. The van der Waals surface area contributed by atoms with Crippen LogP contribution in [0.1, 0.15) is 36.5 Å². The Morgan fingerprint density at radius 3 is 2.72 bits per heavy atom. The van der Waals surface area contributed by atoms with Crippen LogP contribution in [0.5, 0.6) is 0 Å². The number of rotatable bonds is 6. The molecule has 3 heterocycles. The second-order valence-corrected chi connectivity index (χ2v) is 9.30. The Labute approximate surface area is 188 Å². The number of aromatic amines is 1. The van der Waals surface area contributed by atoms with Gasteiger partial charge >= 0.3 is 0 Å². The SMILES string of the molecule is Cc1sc2ncn(CCC(=O)N(Cc3nc4ccccc4c(=O)[nH]3)C(C)C)c(=O)c2c1C. The van der Waals surface area contributed by atoms with Gasteiger partial charge in [-0.05, 0) is 45.4 Å². The van der Waals surface area contributed by atoms with Crippen molar-refractivity contribution in [3.8, 4) is 0 Å². The van der Waals surface area contributed by atoms with Crippen LogP contribution in [0.15, 0.2) is 40.2 Å². The minimum atomic E-state index is -0.228. The molecule has 0 fully saturated rings. The maximum absolute atomic E-state index is 13.0. The molecule has 8 nitrogen and oxygen atoms in total. The number of para-hydroxylation sites is 1. The summed E-state index contributed by atoms with van der Waals surface area (Å²) in [6.45, 7) is 8.14. The quantitative estimate of drug-likeness (QED) is 0.485. The number of carbonyl (C=O) groups excluding carboxylic acids is 1. The molecule has 0 aliphatic heterocycles. The summed E-state index contributed by atoms with van der Waals surface area (Å²) in [6, 6.07) is 7.01. The number of H-pyrrole nitrogens is 1. The van der Waals surface area contributed by atoms with Gasteiger partial charge in [-0.2, -0.15) is 0 Å². The second-order valence-electron chi connectivity index (χ2n) is 8.10. The van der Waals surface area contributed by atoms with Crippen LogP contribution in [-0.2, 0) is 17.9 Å². The van der Waals surface area contributed by atoms with Crippen molar-refractivity contribution in [1.29, 1.82) is 0 Å². The average molecular weight is 452 g/mol. The summed E-state index contributed by atoms with van der Waals surface area (Å²) in [4.78, 5) is 53.4. The summed E-state index contributed by atoms with van der Waals surface area (Å²) in [5.74, 6) is 0.307. The lowest BCUT2D eigenvalue weighted by molar-refractivity contribution is -0.133. The molecule has 1 aromatic carbocycles. The van der Waals surface area contributed by atoms with Crippen molar-refractivity contribution in [2.75, 3.05) is 0 Å². The molecule has 4 aromatic rings. The Balaban J connectivity index is 1.54. The zero-order valence-electron chi connectivity index (χ0n) is 18.5. The summed E-state index contributed by atoms with van der Waals surface area (Å²) in [7, 11) is 0. The van der Waals surface area contributed by atoms with Crippen molar-refractivity contribution in [3.63, 3.8) is 0 Å². The van der Waals surface area contributed by atoms with Gasteiger partial charge in [0.25, 0.3) is 11.1 Å². The molecule has 3 aromatic heterocycles. The monoisotopic (exact) mass is 451 g/mol. The van der Waals surface area contributed by atoms with Gasteiger partial charge in [-0.25, -0.2) is 9.97 Å². The fourth-order valence-electron chi connectivity index (χ4n) is 3.72. The van der Waals surface area contributed by atoms with Gasteiger partial charge in [-0.1, -0.05) is 12.1 Å². The van der Waals surface area contributed by atoms with Gasteiger partial charge in [0, 0.05) is 23.9 Å². The summed E-state index contributed by atoms with van der Waals surface area (Å²) in [5.41, 5.74) is 1.18. The first kappa shape index (κ1) is 21.9. The van der Waals surface area contributed by atoms with Crippen LogP contribution in [-0.4, -0.2) is 36.4 Å². The van der Waals surface area contributed by atoms with Gasteiger partial charge in [0.1, 0.15) is 10.7 Å². The highest BCUT2D eigenvalue weighted by Gasteiger charge is 2.20. The smallest absolute Gasteiger partial charge is 0.262 e. The number of fused-ring (bicyclic) bond motifs is 2. The zero-order valence-corrected chi connectivity index (χ0v) is 19.3. The standard InChI is InChI=1S/C23H25N5O3S/c1-13(2)28(11-18-25-17-8-6-5-7-16(17)21(30)26-18)19(29)9-10-27-12-24-22-20(23(27)31)14(3)15(4)32-22/h5-8,12-13H,9-11H2,1-4H3,(H,25,26,30). The minimum Gasteiger partial charge on any atom is -0.333 e. The molecular formula is C23H25N5O3S. The van der Waals surface area contributed by atoms with Crippen molar-refractivity contribution in [3.05, 3.63) is 67.6 Å². The van der Waals surface area contributed by atoms with Crippen LogP contribution in [0, 0.1) is 13.8 Å². The molecule has 0 spiro atoms. The first-order valence-electron chi connectivity index (χ1n) is 10.5. The third kappa shape index (κ3) is 4.08. The molecule has 0 saturated heterocycles. The predicted molar refractivity (Wildman–Crippen MR) is 126 cm³/mol. The lowest BCUT2D eigenvalue weighted by Gasteiger charge is -2.26. The Bertz CT molecular complexity index is 1430. The van der Waals surface area contributed by atoms with Gasteiger partial charge < -0.3 is 9.88 Å². The minimum absolute atomic E-state index is 0.0987. The van der Waals surface area contributed by atoms with E-state index in [0.29, 0.717) is 22.1 Å². The number of amides is 1. The largest absolute Gasteiger partial charge is 0.333 e. The number of hydrogen-bond acceptors (Lipinski definition) is 6. The Morgan fingerprint density at radius 2 is 1.97 bits per heavy atom. The van der Waals surface area contributed by atoms with Gasteiger partial charge in [-0.15, -0.1) is 11.3 Å². The number of benzene rings is 1. The maximum Gasteiger partial charge on any atom is 0.262 e. The number of nitrogens with one attached hydrogen (secondary N) is 1. The van der Waals surface area contributed by atoms with E-state index in [4.69, 9.17) is 0 Å². The van der Waals surface area contributed by atoms with E-state index in [1.807, 2.05) is 33.8 Å². The van der Waals surface area contributed by atoms with Crippen LogP contribution >= 0.6 is 11.3 Å². The van der Waals surface area contributed by atoms with E-state index in [-0.39, 0.29) is 42.6 Å². The van der Waals surface area contributed by atoms with E-state index in [9.17, 15) is 14.4 Å². The number of nitrogens with zero attached hydrogens (tertiary/aromatic N) is 4. The lowest BCUT2D eigenvalue weighted by atomic mass is 10.2. The van der Waals surface area contributed by atoms with E-state index >= 15 is 0 Å². The molecule has 0 saturated carbocycles. The number of carbonyl (C=O) groups is 1. The molecule has 0 aliphatic carbocycles. The molecule has 1 amide bonds. The number of aromatic nitrogens is 4. The molecule has 0 unspecified atom stereocenters. The topological polar surface area (TPSA) is 101 Å². The van der Waals surface area contributed by atoms with Crippen LogP contribution in [0.3, 0.4) is 0 Å². The van der Waals surface area contributed by atoms with Gasteiger partial charge in [0.2, 0.25) is 5.91 Å². The van der Waals surface area contributed by atoms with Crippen molar-refractivity contribution in [1.82, 2.24) is 24.4 Å². The molecule has 0 atom stereocenters. The second kappa shape index (κ2) is 8.66. The lowest BCUT2D eigenvalue weighted by Crippen LogP contribution is -2.38. The van der Waals surface area contributed by atoms with Gasteiger partial charge in [0.05, 0.1) is 29.2 Å². The third-order valence-corrected chi connectivity index (χ3v) is 6.76.